The maximum Gasteiger partial charge on any atom is 0.251 e. The third-order valence-corrected chi connectivity index (χ3v) is 5.62. The van der Waals surface area contributed by atoms with Gasteiger partial charge in [0.05, 0.1) is 7.11 Å². The van der Waals surface area contributed by atoms with E-state index in [0.717, 1.165) is 56.2 Å². The summed E-state index contributed by atoms with van der Waals surface area (Å²) in [6.07, 6.45) is 0.798. The number of nitrogens with zero attached hydrogens (tertiary/aromatic N) is 3. The lowest BCUT2D eigenvalue weighted by Crippen LogP contribution is -2.52. The van der Waals surface area contributed by atoms with Crippen LogP contribution in [0.1, 0.15) is 21.5 Å². The molecule has 0 spiro atoms. The summed E-state index contributed by atoms with van der Waals surface area (Å²) in [6.45, 7) is 4.90. The van der Waals surface area contributed by atoms with Gasteiger partial charge < -0.3 is 20.3 Å². The Morgan fingerprint density at radius 2 is 1.91 bits per heavy atom. The zero-order valence-electron chi connectivity index (χ0n) is 19.0. The second-order valence-electron chi connectivity index (χ2n) is 7.74. The molecule has 0 saturated carbocycles. The first-order valence-electron chi connectivity index (χ1n) is 10.9. The lowest BCUT2D eigenvalue weighted by atomic mass is 10.1. The smallest absolute Gasteiger partial charge is 0.251 e. The van der Waals surface area contributed by atoms with E-state index in [1.54, 1.807) is 26.2 Å². The van der Waals surface area contributed by atoms with Crippen molar-refractivity contribution in [3.8, 4) is 5.75 Å². The predicted molar refractivity (Wildman–Crippen MR) is 125 cm³/mol. The Balaban J connectivity index is 1.46. The molecule has 0 aromatic heterocycles. The van der Waals surface area contributed by atoms with Crippen molar-refractivity contribution in [2.45, 2.75) is 13.0 Å². The van der Waals surface area contributed by atoms with Gasteiger partial charge in [-0.1, -0.05) is 18.2 Å². The molecular formula is C24H32FN5O2. The van der Waals surface area contributed by atoms with Crippen molar-refractivity contribution in [2.75, 3.05) is 53.9 Å². The van der Waals surface area contributed by atoms with E-state index in [-0.39, 0.29) is 17.5 Å². The number of carbonyl (C=O) groups is 1. The lowest BCUT2D eigenvalue weighted by molar-refractivity contribution is 0.0963. The van der Waals surface area contributed by atoms with E-state index in [1.807, 2.05) is 30.3 Å². The van der Waals surface area contributed by atoms with Crippen LogP contribution in [-0.4, -0.2) is 75.6 Å². The largest absolute Gasteiger partial charge is 0.494 e. The summed E-state index contributed by atoms with van der Waals surface area (Å²) >= 11 is 0. The molecule has 2 N–H and O–H groups in total. The molecule has 1 aliphatic rings. The van der Waals surface area contributed by atoms with E-state index in [4.69, 9.17) is 4.74 Å². The molecule has 1 aliphatic heterocycles. The summed E-state index contributed by atoms with van der Waals surface area (Å²) in [4.78, 5) is 20.8. The second kappa shape index (κ2) is 11.5. The van der Waals surface area contributed by atoms with Crippen LogP contribution < -0.4 is 15.4 Å². The first-order valence-corrected chi connectivity index (χ1v) is 10.9. The van der Waals surface area contributed by atoms with Gasteiger partial charge in [0.25, 0.3) is 5.91 Å². The average molecular weight is 442 g/mol. The average Bonchev–Trinajstić information content (AvgIpc) is 2.82. The van der Waals surface area contributed by atoms with Gasteiger partial charge in [-0.15, -0.1) is 0 Å². The van der Waals surface area contributed by atoms with Crippen molar-refractivity contribution < 1.29 is 13.9 Å². The SMILES string of the molecule is CN=C(NCCc1cccc(C(=O)NC)c1)N1CCN(Cc2ccc(OC)c(F)c2)CC1. The van der Waals surface area contributed by atoms with E-state index >= 15 is 0 Å². The molecule has 0 bridgehead atoms. The zero-order valence-corrected chi connectivity index (χ0v) is 19.0. The van der Waals surface area contributed by atoms with Crippen LogP contribution in [0, 0.1) is 5.82 Å². The Labute approximate surface area is 189 Å². The summed E-state index contributed by atoms with van der Waals surface area (Å²) in [7, 11) is 4.90. The van der Waals surface area contributed by atoms with Crippen LogP contribution in [0.2, 0.25) is 0 Å². The molecule has 2 aromatic carbocycles. The van der Waals surface area contributed by atoms with Gasteiger partial charge in [0.2, 0.25) is 0 Å². The molecule has 1 fully saturated rings. The second-order valence-corrected chi connectivity index (χ2v) is 7.74. The lowest BCUT2D eigenvalue weighted by Gasteiger charge is -2.36. The Morgan fingerprint density at radius 1 is 1.12 bits per heavy atom. The highest BCUT2D eigenvalue weighted by Gasteiger charge is 2.20. The molecule has 172 valence electrons. The van der Waals surface area contributed by atoms with Gasteiger partial charge in [-0.2, -0.15) is 0 Å². The number of carbonyl (C=O) groups excluding carboxylic acids is 1. The minimum absolute atomic E-state index is 0.0779. The number of hydrogen-bond acceptors (Lipinski definition) is 4. The summed E-state index contributed by atoms with van der Waals surface area (Å²) in [5.74, 6) is 0.747. The van der Waals surface area contributed by atoms with Gasteiger partial charge in [-0.05, 0) is 41.8 Å². The van der Waals surface area contributed by atoms with Crippen LogP contribution in [0.25, 0.3) is 0 Å². The first kappa shape index (κ1) is 23.5. The Kier molecular flexibility index (Phi) is 8.44. The number of piperazine rings is 1. The Hall–Kier alpha value is -3.13. The molecule has 0 unspecified atom stereocenters. The molecule has 0 aliphatic carbocycles. The van der Waals surface area contributed by atoms with Crippen LogP contribution in [-0.2, 0) is 13.0 Å². The van der Waals surface area contributed by atoms with Crippen molar-refractivity contribution in [1.82, 2.24) is 20.4 Å². The normalized spacial score (nSPS) is 14.9. The van der Waals surface area contributed by atoms with Gasteiger partial charge in [-0.25, -0.2) is 4.39 Å². The van der Waals surface area contributed by atoms with Crippen molar-refractivity contribution >= 4 is 11.9 Å². The maximum atomic E-state index is 13.9. The number of guanidine groups is 1. The third-order valence-electron chi connectivity index (χ3n) is 5.62. The van der Waals surface area contributed by atoms with Gasteiger partial charge >= 0.3 is 0 Å². The van der Waals surface area contributed by atoms with Crippen molar-refractivity contribution in [2.24, 2.45) is 4.99 Å². The molecule has 0 atom stereocenters. The first-order chi connectivity index (χ1) is 15.5. The number of aliphatic imine (C=N–C) groups is 1. The van der Waals surface area contributed by atoms with E-state index in [2.05, 4.69) is 25.4 Å². The third kappa shape index (κ3) is 6.20. The molecular weight excluding hydrogens is 409 g/mol. The van der Waals surface area contributed by atoms with Crippen molar-refractivity contribution in [3.63, 3.8) is 0 Å². The van der Waals surface area contributed by atoms with Crippen LogP contribution >= 0.6 is 0 Å². The molecule has 7 nitrogen and oxygen atoms in total. The van der Waals surface area contributed by atoms with Gasteiger partial charge in [-0.3, -0.25) is 14.7 Å². The van der Waals surface area contributed by atoms with Gasteiger partial charge in [0.15, 0.2) is 17.5 Å². The molecule has 1 heterocycles. The topological polar surface area (TPSA) is 69.2 Å². The van der Waals surface area contributed by atoms with Crippen LogP contribution in [0.3, 0.4) is 0 Å². The van der Waals surface area contributed by atoms with Crippen LogP contribution in [0.5, 0.6) is 5.75 Å². The summed E-state index contributed by atoms with van der Waals surface area (Å²) < 4.78 is 18.9. The minimum atomic E-state index is -0.325. The number of nitrogens with one attached hydrogen (secondary N) is 2. The number of rotatable bonds is 7. The Bertz CT molecular complexity index is 942. The van der Waals surface area contributed by atoms with E-state index in [0.29, 0.717) is 12.1 Å². The molecule has 2 aromatic rings. The van der Waals surface area contributed by atoms with E-state index in [9.17, 15) is 9.18 Å². The molecule has 1 amide bonds. The quantitative estimate of drug-likeness (QED) is 0.509. The zero-order chi connectivity index (χ0) is 22.9. The standard InChI is InChI=1S/C24H32FN5O2/c1-26-23(31)20-6-4-5-18(15-20)9-10-28-24(27-2)30-13-11-29(12-14-30)17-19-7-8-22(32-3)21(25)16-19/h4-8,15-16H,9-14,17H2,1-3H3,(H,26,31)(H,27,28). The minimum Gasteiger partial charge on any atom is -0.494 e. The van der Waals surface area contributed by atoms with Crippen molar-refractivity contribution in [3.05, 3.63) is 65.0 Å². The molecule has 8 heteroatoms. The number of ether oxygens (including phenoxy) is 1. The Morgan fingerprint density at radius 3 is 2.56 bits per heavy atom. The van der Waals surface area contributed by atoms with Crippen LogP contribution in [0.4, 0.5) is 4.39 Å². The van der Waals surface area contributed by atoms with Gasteiger partial charge in [0, 0.05) is 58.9 Å². The summed E-state index contributed by atoms with van der Waals surface area (Å²) in [6, 6.07) is 12.8. The highest BCUT2D eigenvalue weighted by Crippen LogP contribution is 2.19. The molecule has 3 rings (SSSR count). The fraction of sp³-hybridized carbons (Fsp3) is 0.417. The van der Waals surface area contributed by atoms with Gasteiger partial charge in [0.1, 0.15) is 0 Å². The highest BCUT2D eigenvalue weighted by atomic mass is 19.1. The number of amides is 1. The number of halogens is 1. The fourth-order valence-electron chi connectivity index (χ4n) is 3.85. The maximum absolute atomic E-state index is 13.9. The predicted octanol–water partition coefficient (Wildman–Crippen LogP) is 2.13. The fourth-order valence-corrected chi connectivity index (χ4v) is 3.85. The highest BCUT2D eigenvalue weighted by molar-refractivity contribution is 5.94. The number of benzene rings is 2. The molecule has 0 radical (unpaired) electrons. The summed E-state index contributed by atoms with van der Waals surface area (Å²) in [5.41, 5.74) is 2.71. The van der Waals surface area contributed by atoms with E-state index in [1.165, 1.54) is 7.11 Å². The molecule has 32 heavy (non-hydrogen) atoms. The monoisotopic (exact) mass is 441 g/mol. The number of methoxy groups -OCH3 is 1. The van der Waals surface area contributed by atoms with E-state index < -0.39 is 0 Å². The van der Waals surface area contributed by atoms with Crippen LogP contribution in [0.15, 0.2) is 47.5 Å². The van der Waals surface area contributed by atoms with Crippen molar-refractivity contribution in [1.29, 1.82) is 0 Å². The molecule has 1 saturated heterocycles. The number of hydrogen-bond donors (Lipinski definition) is 2. The summed E-state index contributed by atoms with van der Waals surface area (Å²) in [5, 5.41) is 6.08.